The van der Waals surface area contributed by atoms with Crippen molar-refractivity contribution in [1.29, 1.82) is 0 Å². The van der Waals surface area contributed by atoms with E-state index >= 15 is 0 Å². The van der Waals surface area contributed by atoms with Crippen LogP contribution in [0.5, 0.6) is 0 Å². The Labute approximate surface area is 140 Å². The number of nitrogens with one attached hydrogen (secondary N) is 1. The zero-order valence-electron chi connectivity index (χ0n) is 14.1. The summed E-state index contributed by atoms with van der Waals surface area (Å²) in [5, 5.41) is 12.3. The van der Waals surface area contributed by atoms with E-state index in [0.717, 1.165) is 19.3 Å². The van der Waals surface area contributed by atoms with Gasteiger partial charge in [0.25, 0.3) is 5.91 Å². The lowest BCUT2D eigenvalue weighted by atomic mass is 9.74. The monoisotopic (exact) mass is 333 g/mol. The minimum absolute atomic E-state index is 0.0174. The maximum atomic E-state index is 12.7. The lowest BCUT2D eigenvalue weighted by Crippen LogP contribution is -2.55. The third-order valence-electron chi connectivity index (χ3n) is 5.42. The number of aryl methyl sites for hydroxylation is 1. The van der Waals surface area contributed by atoms with Crippen molar-refractivity contribution < 1.29 is 23.9 Å². The van der Waals surface area contributed by atoms with Gasteiger partial charge in [-0.15, -0.1) is 0 Å². The number of carboxylic acid groups (broad SMARTS) is 1. The molecule has 0 radical (unpaired) electrons. The molecule has 0 aliphatic heterocycles. The normalized spacial score (nSPS) is 26.8. The fraction of sp³-hybridized carbons (Fsp3) is 0.611. The van der Waals surface area contributed by atoms with Gasteiger partial charge in [0.05, 0.1) is 17.0 Å². The predicted octanol–water partition coefficient (Wildman–Crippen LogP) is 2.87. The molecule has 1 aromatic rings. The second-order valence-corrected chi connectivity index (χ2v) is 7.14. The first-order valence-electron chi connectivity index (χ1n) is 8.54. The molecule has 2 aliphatic carbocycles. The predicted molar refractivity (Wildman–Crippen MR) is 86.2 cm³/mol. The Morgan fingerprint density at radius 3 is 2.67 bits per heavy atom. The van der Waals surface area contributed by atoms with E-state index < -0.39 is 23.3 Å². The number of hydrogen-bond donors (Lipinski definition) is 2. The molecule has 2 atom stereocenters. The Morgan fingerprint density at radius 1 is 1.25 bits per heavy atom. The van der Waals surface area contributed by atoms with Crippen LogP contribution >= 0.6 is 0 Å². The Balaban J connectivity index is 1.87. The average Bonchev–Trinajstić information content (AvgIpc) is 2.85. The van der Waals surface area contributed by atoms with Crippen LogP contribution < -0.4 is 5.32 Å². The summed E-state index contributed by atoms with van der Waals surface area (Å²) in [5.74, 6) is -1.18. The van der Waals surface area contributed by atoms with E-state index in [1.54, 1.807) is 13.8 Å². The molecule has 2 aliphatic rings. The van der Waals surface area contributed by atoms with Crippen molar-refractivity contribution in [2.45, 2.75) is 64.3 Å². The van der Waals surface area contributed by atoms with Crippen molar-refractivity contribution in [2.75, 3.05) is 0 Å². The number of ketones is 1. The third-order valence-corrected chi connectivity index (χ3v) is 5.42. The smallest absolute Gasteiger partial charge is 0.308 e. The highest BCUT2D eigenvalue weighted by Crippen LogP contribution is 2.35. The standard InChI is InChI=1S/C18H23NO5/c1-10-14-12(20)7-5-8-13(14)24-15(10)16(21)19-18(2)9-4-3-6-11(18)17(22)23/h11H,3-9H2,1-2H3,(H,19,21)(H,22,23). The molecule has 130 valence electrons. The summed E-state index contributed by atoms with van der Waals surface area (Å²) in [7, 11) is 0. The highest BCUT2D eigenvalue weighted by atomic mass is 16.4. The van der Waals surface area contributed by atoms with Crippen molar-refractivity contribution in [1.82, 2.24) is 5.32 Å². The van der Waals surface area contributed by atoms with Gasteiger partial charge in [0.2, 0.25) is 0 Å². The van der Waals surface area contributed by atoms with E-state index in [4.69, 9.17) is 4.42 Å². The van der Waals surface area contributed by atoms with Crippen LogP contribution in [0.1, 0.15) is 77.7 Å². The Hall–Kier alpha value is -2.11. The largest absolute Gasteiger partial charge is 0.481 e. The van der Waals surface area contributed by atoms with E-state index in [1.807, 2.05) is 0 Å². The van der Waals surface area contributed by atoms with Crippen molar-refractivity contribution in [3.63, 3.8) is 0 Å². The molecular formula is C18H23NO5. The van der Waals surface area contributed by atoms with E-state index in [0.29, 0.717) is 42.6 Å². The summed E-state index contributed by atoms with van der Waals surface area (Å²) in [6, 6.07) is 0. The van der Waals surface area contributed by atoms with Crippen molar-refractivity contribution in [3.05, 3.63) is 22.6 Å². The van der Waals surface area contributed by atoms with Crippen molar-refractivity contribution in [2.24, 2.45) is 5.92 Å². The number of aliphatic carboxylic acids is 1. The molecular weight excluding hydrogens is 310 g/mol. The first-order chi connectivity index (χ1) is 11.3. The molecule has 0 aromatic carbocycles. The van der Waals surface area contributed by atoms with E-state index in [-0.39, 0.29) is 11.5 Å². The summed E-state index contributed by atoms with van der Waals surface area (Å²) in [6.45, 7) is 3.50. The van der Waals surface area contributed by atoms with Crippen LogP contribution in [-0.2, 0) is 11.2 Å². The lowest BCUT2D eigenvalue weighted by Gasteiger charge is -2.39. The van der Waals surface area contributed by atoms with E-state index in [9.17, 15) is 19.5 Å². The SMILES string of the molecule is Cc1c(C(=O)NC2(C)CCCCC2C(=O)O)oc2c1C(=O)CCC2. The van der Waals surface area contributed by atoms with Gasteiger partial charge in [0.1, 0.15) is 5.76 Å². The van der Waals surface area contributed by atoms with Crippen LogP contribution in [0.25, 0.3) is 0 Å². The fourth-order valence-corrected chi connectivity index (χ4v) is 4.06. The first-order valence-corrected chi connectivity index (χ1v) is 8.54. The summed E-state index contributed by atoms with van der Waals surface area (Å²) in [4.78, 5) is 36.3. The quantitative estimate of drug-likeness (QED) is 0.886. The summed E-state index contributed by atoms with van der Waals surface area (Å²) in [6.07, 6.45) is 4.78. The van der Waals surface area contributed by atoms with Gasteiger partial charge in [-0.05, 0) is 33.1 Å². The fourth-order valence-electron chi connectivity index (χ4n) is 4.06. The number of Topliss-reactive ketones (excluding diaryl/α,β-unsaturated/α-hetero) is 1. The molecule has 6 nitrogen and oxygen atoms in total. The van der Waals surface area contributed by atoms with Crippen molar-refractivity contribution in [3.8, 4) is 0 Å². The van der Waals surface area contributed by atoms with Gasteiger partial charge in [-0.2, -0.15) is 0 Å². The molecule has 1 saturated carbocycles. The molecule has 1 aromatic heterocycles. The van der Waals surface area contributed by atoms with Gasteiger partial charge in [-0.1, -0.05) is 12.8 Å². The molecule has 0 saturated heterocycles. The highest BCUT2D eigenvalue weighted by Gasteiger charge is 2.43. The number of carbonyl (C=O) groups is 3. The van der Waals surface area contributed by atoms with E-state index in [1.165, 1.54) is 0 Å². The topological polar surface area (TPSA) is 96.6 Å². The maximum Gasteiger partial charge on any atom is 0.308 e. The number of amides is 1. The zero-order valence-corrected chi connectivity index (χ0v) is 14.1. The molecule has 0 bridgehead atoms. The van der Waals surface area contributed by atoms with Gasteiger partial charge < -0.3 is 14.8 Å². The molecule has 2 unspecified atom stereocenters. The number of carboxylic acids is 1. The van der Waals surface area contributed by atoms with Crippen LogP contribution in [0.15, 0.2) is 4.42 Å². The molecule has 24 heavy (non-hydrogen) atoms. The number of hydrogen-bond acceptors (Lipinski definition) is 4. The summed E-state index contributed by atoms with van der Waals surface area (Å²) >= 11 is 0. The minimum atomic E-state index is -0.886. The van der Waals surface area contributed by atoms with Gasteiger partial charge in [0.15, 0.2) is 11.5 Å². The molecule has 0 spiro atoms. The zero-order chi connectivity index (χ0) is 17.5. The van der Waals surface area contributed by atoms with Crippen LogP contribution in [-0.4, -0.2) is 28.3 Å². The van der Waals surface area contributed by atoms with E-state index in [2.05, 4.69) is 5.32 Å². The Morgan fingerprint density at radius 2 is 2.00 bits per heavy atom. The highest BCUT2D eigenvalue weighted by molar-refractivity contribution is 6.03. The van der Waals surface area contributed by atoms with Crippen LogP contribution in [0.3, 0.4) is 0 Å². The second-order valence-electron chi connectivity index (χ2n) is 7.14. The summed E-state index contributed by atoms with van der Waals surface area (Å²) < 4.78 is 5.67. The molecule has 2 N–H and O–H groups in total. The minimum Gasteiger partial charge on any atom is -0.481 e. The van der Waals surface area contributed by atoms with Gasteiger partial charge in [0, 0.05) is 18.4 Å². The average molecular weight is 333 g/mol. The third kappa shape index (κ3) is 2.74. The second kappa shape index (κ2) is 6.07. The van der Waals surface area contributed by atoms with Crippen molar-refractivity contribution >= 4 is 17.7 Å². The van der Waals surface area contributed by atoms with Crippen LogP contribution in [0.2, 0.25) is 0 Å². The summed E-state index contributed by atoms with van der Waals surface area (Å²) in [5.41, 5.74) is 0.304. The molecule has 6 heteroatoms. The molecule has 3 rings (SSSR count). The molecule has 1 fully saturated rings. The maximum absolute atomic E-state index is 12.7. The Bertz CT molecular complexity index is 705. The number of rotatable bonds is 3. The molecule has 1 amide bonds. The lowest BCUT2D eigenvalue weighted by molar-refractivity contribution is -0.145. The van der Waals surface area contributed by atoms with Crippen LogP contribution in [0.4, 0.5) is 0 Å². The van der Waals surface area contributed by atoms with Gasteiger partial charge in [-0.3, -0.25) is 14.4 Å². The first kappa shape index (κ1) is 16.7. The van der Waals surface area contributed by atoms with Crippen LogP contribution in [0, 0.1) is 12.8 Å². The number of furan rings is 1. The molecule has 1 heterocycles. The van der Waals surface area contributed by atoms with Gasteiger partial charge in [-0.25, -0.2) is 0 Å². The Kier molecular flexibility index (Phi) is 4.24. The number of fused-ring (bicyclic) bond motifs is 1. The number of carbonyl (C=O) groups excluding carboxylic acids is 2. The van der Waals surface area contributed by atoms with Gasteiger partial charge >= 0.3 is 5.97 Å².